The van der Waals surface area contributed by atoms with Crippen molar-refractivity contribution < 1.29 is 33.3 Å². The van der Waals surface area contributed by atoms with Crippen molar-refractivity contribution in [3.05, 3.63) is 141 Å². The summed E-state index contributed by atoms with van der Waals surface area (Å²) < 4.78 is 32.8. The maximum atomic E-state index is 13.3. The van der Waals surface area contributed by atoms with Crippen LogP contribution in [-0.2, 0) is 23.8 Å². The molecule has 2 aliphatic rings. The van der Waals surface area contributed by atoms with Crippen LogP contribution in [0, 0.1) is 13.8 Å². The molecule has 68 heavy (non-hydrogen) atoms. The molecule has 0 unspecified atom stereocenters. The fourth-order valence-electron chi connectivity index (χ4n) is 8.03. The Morgan fingerprint density at radius 1 is 0.588 bits per heavy atom. The van der Waals surface area contributed by atoms with Crippen LogP contribution in [0.5, 0.6) is 11.5 Å². The van der Waals surface area contributed by atoms with Gasteiger partial charge in [0.25, 0.3) is 0 Å². The Kier molecular flexibility index (Phi) is 15.9. The normalized spacial score (nSPS) is 14.9. The number of methoxy groups -OCH3 is 1. The summed E-state index contributed by atoms with van der Waals surface area (Å²) in [5, 5.41) is 24.6. The van der Waals surface area contributed by atoms with Gasteiger partial charge >= 0.3 is 0 Å². The van der Waals surface area contributed by atoms with Gasteiger partial charge in [-0.15, -0.1) is 20.4 Å². The quantitative estimate of drug-likeness (QED) is 0.0728. The van der Waals surface area contributed by atoms with Crippen molar-refractivity contribution in [2.75, 3.05) is 66.4 Å². The third kappa shape index (κ3) is 11.3. The standard InChI is InChI=1S/C49H52Cl2N10O7/c1-5-52-44(62)28-40-48-58-57-31(3)61(48)43-17-15-37(27-39(43)47(54-40)33-8-12-35(51)13-9-33)68-25-24-67-23-22-66-21-20-65-19-18-53-45(63)29-41-49-59-56-30(2)60(49)42-16-14-36(64-4)26-38(42)46(55-41)32-6-10-34(50)11-7-32/h6-17,26-27,40-41H,5,18-25,28-29H2,1-4H3,(H,52,62)(H,53,63)/t40-,41+/m1/s1. The number of carbonyl (C=O) groups excluding carboxylic acids is 2. The van der Waals surface area contributed by atoms with Crippen LogP contribution >= 0.6 is 23.2 Å². The zero-order chi connectivity index (χ0) is 47.6. The molecule has 6 aromatic rings. The van der Waals surface area contributed by atoms with Gasteiger partial charge in [-0.25, -0.2) is 0 Å². The van der Waals surface area contributed by atoms with Crippen molar-refractivity contribution in [3.63, 3.8) is 0 Å². The first-order valence-corrected chi connectivity index (χ1v) is 23.1. The molecule has 0 bridgehead atoms. The minimum absolute atomic E-state index is 0.0501. The molecule has 354 valence electrons. The molecule has 2 N–H and O–H groups in total. The van der Waals surface area contributed by atoms with Gasteiger partial charge in [-0.3, -0.25) is 28.7 Å². The number of ether oxygens (including phenoxy) is 5. The Morgan fingerprint density at radius 2 is 1.04 bits per heavy atom. The number of hydrogen-bond acceptors (Lipinski definition) is 13. The Morgan fingerprint density at radius 3 is 1.54 bits per heavy atom. The lowest BCUT2D eigenvalue weighted by Crippen LogP contribution is -2.29. The third-order valence-electron chi connectivity index (χ3n) is 11.2. The van der Waals surface area contributed by atoms with Crippen molar-refractivity contribution >= 4 is 46.4 Å². The number of aliphatic imine (C=N–C) groups is 2. The summed E-state index contributed by atoms with van der Waals surface area (Å²) >= 11 is 12.5. The minimum Gasteiger partial charge on any atom is -0.497 e. The number of carbonyl (C=O) groups is 2. The van der Waals surface area contributed by atoms with Gasteiger partial charge in [-0.05, 0) is 81.4 Å². The van der Waals surface area contributed by atoms with Crippen molar-refractivity contribution in [1.29, 1.82) is 0 Å². The molecule has 0 saturated carbocycles. The van der Waals surface area contributed by atoms with E-state index in [9.17, 15) is 9.59 Å². The molecule has 0 saturated heterocycles. The number of amides is 2. The predicted octanol–water partition coefficient (Wildman–Crippen LogP) is 6.73. The van der Waals surface area contributed by atoms with Gasteiger partial charge in [0.05, 0.1) is 82.4 Å². The smallest absolute Gasteiger partial charge is 0.222 e. The molecule has 0 fully saturated rings. The molecule has 4 heterocycles. The summed E-state index contributed by atoms with van der Waals surface area (Å²) in [5.74, 6) is 3.47. The number of benzene rings is 4. The number of nitrogens with one attached hydrogen (secondary N) is 2. The second-order valence-electron chi connectivity index (χ2n) is 15.8. The Bertz CT molecular complexity index is 2790. The van der Waals surface area contributed by atoms with Crippen molar-refractivity contribution in [2.45, 2.75) is 45.7 Å². The molecular weight excluding hydrogens is 912 g/mol. The lowest BCUT2D eigenvalue weighted by molar-refractivity contribution is -0.122. The van der Waals surface area contributed by atoms with E-state index in [2.05, 4.69) is 31.0 Å². The van der Waals surface area contributed by atoms with Gasteiger partial charge in [-0.1, -0.05) is 47.5 Å². The SMILES string of the molecule is CCNC(=O)C[C@H]1N=C(c2ccc(Cl)cc2)c2cc(OCCOCCOCCOCCNC(=O)C[C@@H]3N=C(c4ccc(Cl)cc4)c4cc(OC)ccc4-n4c(C)nnc43)ccc2-n2c(C)nnc21. The van der Waals surface area contributed by atoms with E-state index in [1.54, 1.807) is 7.11 Å². The monoisotopic (exact) mass is 962 g/mol. The number of hydrogen-bond donors (Lipinski definition) is 2. The van der Waals surface area contributed by atoms with E-state index in [1.807, 2.05) is 115 Å². The number of aryl methyl sites for hydroxylation is 2. The van der Waals surface area contributed by atoms with E-state index in [0.29, 0.717) is 116 Å². The number of rotatable bonds is 21. The molecule has 2 amide bonds. The molecule has 8 rings (SSSR count). The maximum Gasteiger partial charge on any atom is 0.222 e. The highest BCUT2D eigenvalue weighted by atomic mass is 35.5. The molecule has 17 nitrogen and oxygen atoms in total. The van der Waals surface area contributed by atoms with Crippen LogP contribution in [0.1, 0.15) is 77.4 Å². The van der Waals surface area contributed by atoms with Crippen LogP contribution in [0.4, 0.5) is 0 Å². The van der Waals surface area contributed by atoms with Crippen LogP contribution in [0.2, 0.25) is 10.0 Å². The second-order valence-corrected chi connectivity index (χ2v) is 16.7. The zero-order valence-electron chi connectivity index (χ0n) is 38.2. The summed E-state index contributed by atoms with van der Waals surface area (Å²) in [6, 6.07) is 25.2. The van der Waals surface area contributed by atoms with E-state index in [1.165, 1.54) is 0 Å². The highest BCUT2D eigenvalue weighted by Crippen LogP contribution is 2.36. The number of halogens is 2. The molecule has 2 aliphatic heterocycles. The number of fused-ring (bicyclic) bond motifs is 6. The van der Waals surface area contributed by atoms with Gasteiger partial charge < -0.3 is 34.3 Å². The van der Waals surface area contributed by atoms with Crippen molar-refractivity contribution in [2.24, 2.45) is 9.98 Å². The number of nitrogens with zero attached hydrogens (tertiary/aromatic N) is 8. The highest BCUT2D eigenvalue weighted by Gasteiger charge is 2.32. The fraction of sp³-hybridized carbons (Fsp3) is 0.347. The second kappa shape index (κ2) is 22.5. The molecule has 4 aromatic carbocycles. The first-order valence-electron chi connectivity index (χ1n) is 22.4. The average molecular weight is 964 g/mol. The van der Waals surface area contributed by atoms with Crippen LogP contribution in [-0.4, -0.2) is 119 Å². The molecule has 2 atom stereocenters. The van der Waals surface area contributed by atoms with Crippen LogP contribution in [0.25, 0.3) is 11.4 Å². The average Bonchev–Trinajstić information content (AvgIpc) is 3.84. The van der Waals surface area contributed by atoms with Crippen molar-refractivity contribution in [1.82, 2.24) is 40.2 Å². The summed E-state index contributed by atoms with van der Waals surface area (Å²) in [5.41, 5.74) is 6.34. The first-order chi connectivity index (χ1) is 33.1. The Hall–Kier alpha value is -6.50. The van der Waals surface area contributed by atoms with Gasteiger partial charge in [0.1, 0.15) is 41.8 Å². The van der Waals surface area contributed by atoms with E-state index in [-0.39, 0.29) is 24.7 Å². The summed E-state index contributed by atoms with van der Waals surface area (Å²) in [6.45, 7) is 8.86. The number of aromatic nitrogens is 6. The predicted molar refractivity (Wildman–Crippen MR) is 257 cm³/mol. The van der Waals surface area contributed by atoms with E-state index in [0.717, 1.165) is 33.6 Å². The Labute approximate surface area is 403 Å². The molecule has 0 spiro atoms. The summed E-state index contributed by atoms with van der Waals surface area (Å²) in [7, 11) is 1.62. The topological polar surface area (TPSA) is 190 Å². The van der Waals surface area contributed by atoms with E-state index >= 15 is 0 Å². The lowest BCUT2D eigenvalue weighted by Gasteiger charge is -2.15. The van der Waals surface area contributed by atoms with Crippen LogP contribution in [0.15, 0.2) is 94.9 Å². The van der Waals surface area contributed by atoms with Gasteiger partial charge in [0, 0.05) is 45.4 Å². The molecule has 0 aliphatic carbocycles. The van der Waals surface area contributed by atoms with Crippen molar-refractivity contribution in [3.8, 4) is 22.9 Å². The highest BCUT2D eigenvalue weighted by molar-refractivity contribution is 6.31. The van der Waals surface area contributed by atoms with E-state index < -0.39 is 12.1 Å². The minimum atomic E-state index is -0.614. The third-order valence-corrected chi connectivity index (χ3v) is 11.7. The first kappa shape index (κ1) is 48.0. The van der Waals surface area contributed by atoms with Crippen LogP contribution < -0.4 is 20.1 Å². The van der Waals surface area contributed by atoms with E-state index in [4.69, 9.17) is 56.9 Å². The molecule has 0 radical (unpaired) electrons. The Balaban J connectivity index is 0.773. The van der Waals surface area contributed by atoms with Gasteiger partial charge in [-0.2, -0.15) is 0 Å². The molecular formula is C49H52Cl2N10O7. The van der Waals surface area contributed by atoms with Crippen LogP contribution in [0.3, 0.4) is 0 Å². The summed E-state index contributed by atoms with van der Waals surface area (Å²) in [6.07, 6.45) is 0.162. The largest absolute Gasteiger partial charge is 0.497 e. The fourth-order valence-corrected chi connectivity index (χ4v) is 8.28. The lowest BCUT2D eigenvalue weighted by atomic mass is 10.00. The van der Waals surface area contributed by atoms with Gasteiger partial charge in [0.15, 0.2) is 11.6 Å². The van der Waals surface area contributed by atoms with Gasteiger partial charge in [0.2, 0.25) is 11.8 Å². The molecule has 2 aromatic heterocycles. The zero-order valence-corrected chi connectivity index (χ0v) is 39.7. The summed E-state index contributed by atoms with van der Waals surface area (Å²) in [4.78, 5) is 36.3. The molecule has 19 heteroatoms. The maximum absolute atomic E-state index is 13.3.